The average Bonchev–Trinajstić information content (AvgIpc) is 2.31. The Bertz CT molecular complexity index is 251. The van der Waals surface area contributed by atoms with E-state index in [-0.39, 0.29) is 38.0 Å². The molecule has 0 saturated heterocycles. The fourth-order valence-electron chi connectivity index (χ4n) is 1.14. The summed E-state index contributed by atoms with van der Waals surface area (Å²) < 4.78 is 9.60. The predicted octanol–water partition coefficient (Wildman–Crippen LogP) is 0.395. The fourth-order valence-corrected chi connectivity index (χ4v) is 1.14. The first-order valence-corrected chi connectivity index (χ1v) is 6.09. The minimum Gasteiger partial charge on any atom is -0.463 e. The highest BCUT2D eigenvalue weighted by Crippen LogP contribution is 2.04. The molecule has 6 heteroatoms. The van der Waals surface area contributed by atoms with Crippen molar-refractivity contribution in [2.24, 2.45) is 0 Å². The topological polar surface area (TPSA) is 93.1 Å². The number of ether oxygens (including phenoxy) is 2. The first-order valence-electron chi connectivity index (χ1n) is 6.09. The van der Waals surface area contributed by atoms with Gasteiger partial charge >= 0.3 is 11.9 Å². The van der Waals surface area contributed by atoms with E-state index in [0.29, 0.717) is 12.8 Å². The van der Waals surface area contributed by atoms with Crippen LogP contribution in [0, 0.1) is 0 Å². The smallest absolute Gasteiger partial charge is 0.306 e. The van der Waals surface area contributed by atoms with Crippen molar-refractivity contribution in [2.75, 3.05) is 13.2 Å². The van der Waals surface area contributed by atoms with Gasteiger partial charge in [0.1, 0.15) is 12.7 Å². The van der Waals surface area contributed by atoms with Crippen molar-refractivity contribution in [2.45, 2.75) is 51.7 Å². The minimum atomic E-state index is -0.663. The van der Waals surface area contributed by atoms with Crippen molar-refractivity contribution in [3.05, 3.63) is 0 Å². The molecule has 2 unspecified atom stereocenters. The molecule has 0 heterocycles. The molecule has 2 atom stereocenters. The lowest BCUT2D eigenvalue weighted by Crippen LogP contribution is -2.18. The lowest BCUT2D eigenvalue weighted by atomic mass is 10.2. The van der Waals surface area contributed by atoms with E-state index < -0.39 is 12.2 Å². The van der Waals surface area contributed by atoms with E-state index >= 15 is 0 Å². The van der Waals surface area contributed by atoms with Gasteiger partial charge in [-0.15, -0.1) is 0 Å². The maximum Gasteiger partial charge on any atom is 0.306 e. The standard InChI is InChI=1S/C12H22O6/c1-9(14)8-17-11(15)5-3-4-6-12(16)18-10(2)7-13/h9-10,13-14H,3-8H2,1-2H3. The van der Waals surface area contributed by atoms with Crippen LogP contribution >= 0.6 is 0 Å². The zero-order chi connectivity index (χ0) is 14.0. The molecule has 0 bridgehead atoms. The Morgan fingerprint density at radius 1 is 1.11 bits per heavy atom. The summed E-state index contributed by atoms with van der Waals surface area (Å²) >= 11 is 0. The molecule has 18 heavy (non-hydrogen) atoms. The monoisotopic (exact) mass is 262 g/mol. The number of hydrogen-bond acceptors (Lipinski definition) is 6. The fraction of sp³-hybridized carbons (Fsp3) is 0.833. The number of unbranched alkanes of at least 4 members (excludes halogenated alkanes) is 1. The number of aliphatic hydroxyl groups excluding tert-OH is 2. The second-order valence-corrected chi connectivity index (χ2v) is 4.22. The van der Waals surface area contributed by atoms with Gasteiger partial charge in [0.2, 0.25) is 0 Å². The van der Waals surface area contributed by atoms with Crippen molar-refractivity contribution in [3.8, 4) is 0 Å². The summed E-state index contributed by atoms with van der Waals surface area (Å²) in [4.78, 5) is 22.3. The third-order valence-corrected chi connectivity index (χ3v) is 2.09. The highest BCUT2D eigenvalue weighted by atomic mass is 16.6. The van der Waals surface area contributed by atoms with Crippen LogP contribution in [0.3, 0.4) is 0 Å². The van der Waals surface area contributed by atoms with Gasteiger partial charge in [-0.25, -0.2) is 0 Å². The van der Waals surface area contributed by atoms with Gasteiger partial charge < -0.3 is 19.7 Å². The highest BCUT2D eigenvalue weighted by Gasteiger charge is 2.09. The zero-order valence-corrected chi connectivity index (χ0v) is 10.9. The Labute approximate surface area is 107 Å². The largest absolute Gasteiger partial charge is 0.463 e. The average molecular weight is 262 g/mol. The molecular formula is C12H22O6. The maximum atomic E-state index is 11.2. The van der Waals surface area contributed by atoms with Gasteiger partial charge in [-0.1, -0.05) is 0 Å². The highest BCUT2D eigenvalue weighted by molar-refractivity contribution is 5.70. The van der Waals surface area contributed by atoms with Crippen LogP contribution in [0.4, 0.5) is 0 Å². The van der Waals surface area contributed by atoms with E-state index in [1.54, 1.807) is 6.92 Å². The van der Waals surface area contributed by atoms with E-state index in [4.69, 9.17) is 19.7 Å². The SMILES string of the molecule is CC(O)COC(=O)CCCCC(=O)OC(C)CO. The summed E-state index contributed by atoms with van der Waals surface area (Å²) in [7, 11) is 0. The number of carbonyl (C=O) groups is 2. The molecule has 0 aromatic rings. The van der Waals surface area contributed by atoms with Crippen LogP contribution in [-0.2, 0) is 19.1 Å². The number of carbonyl (C=O) groups excluding carboxylic acids is 2. The summed E-state index contributed by atoms with van der Waals surface area (Å²) in [5.41, 5.74) is 0. The van der Waals surface area contributed by atoms with Crippen LogP contribution in [0.2, 0.25) is 0 Å². The lowest BCUT2D eigenvalue weighted by Gasteiger charge is -2.10. The normalized spacial score (nSPS) is 13.8. The number of rotatable bonds is 9. The van der Waals surface area contributed by atoms with Crippen LogP contribution in [0.1, 0.15) is 39.5 Å². The van der Waals surface area contributed by atoms with Crippen molar-refractivity contribution in [1.29, 1.82) is 0 Å². The molecule has 2 N–H and O–H groups in total. The molecule has 106 valence electrons. The van der Waals surface area contributed by atoms with Crippen LogP contribution in [0.5, 0.6) is 0 Å². The summed E-state index contributed by atoms with van der Waals surface area (Å²) in [5.74, 6) is -0.762. The molecule has 0 radical (unpaired) electrons. The Morgan fingerprint density at radius 3 is 2.17 bits per heavy atom. The van der Waals surface area contributed by atoms with Crippen molar-refractivity contribution < 1.29 is 29.3 Å². The molecular weight excluding hydrogens is 240 g/mol. The van der Waals surface area contributed by atoms with E-state index in [1.165, 1.54) is 6.92 Å². The van der Waals surface area contributed by atoms with Crippen LogP contribution in [-0.4, -0.2) is 47.6 Å². The van der Waals surface area contributed by atoms with Crippen molar-refractivity contribution in [1.82, 2.24) is 0 Å². The van der Waals surface area contributed by atoms with Gasteiger partial charge in [0.25, 0.3) is 0 Å². The zero-order valence-electron chi connectivity index (χ0n) is 10.9. The Hall–Kier alpha value is -1.14. The van der Waals surface area contributed by atoms with Crippen LogP contribution < -0.4 is 0 Å². The maximum absolute atomic E-state index is 11.2. The summed E-state index contributed by atoms with van der Waals surface area (Å²) in [6.07, 6.45) is 0.336. The van der Waals surface area contributed by atoms with Gasteiger partial charge in [-0.05, 0) is 26.7 Å². The van der Waals surface area contributed by atoms with Gasteiger partial charge in [0.15, 0.2) is 0 Å². The number of aliphatic hydroxyl groups is 2. The minimum absolute atomic E-state index is 0.00507. The first kappa shape index (κ1) is 16.9. The van der Waals surface area contributed by atoms with Gasteiger partial charge in [0, 0.05) is 12.8 Å². The molecule has 0 spiro atoms. The molecule has 0 aromatic heterocycles. The van der Waals surface area contributed by atoms with E-state index in [1.807, 2.05) is 0 Å². The third kappa shape index (κ3) is 10.0. The van der Waals surface area contributed by atoms with Gasteiger partial charge in [0.05, 0.1) is 12.7 Å². The van der Waals surface area contributed by atoms with E-state index in [9.17, 15) is 9.59 Å². The van der Waals surface area contributed by atoms with Crippen molar-refractivity contribution in [3.63, 3.8) is 0 Å². The summed E-state index contributed by atoms with van der Waals surface area (Å²) in [5, 5.41) is 17.6. The number of hydrogen-bond donors (Lipinski definition) is 2. The molecule has 0 aliphatic carbocycles. The second kappa shape index (κ2) is 9.85. The van der Waals surface area contributed by atoms with E-state index in [0.717, 1.165) is 0 Å². The Balaban J connectivity index is 3.49. The summed E-state index contributed by atoms with van der Waals surface area (Å²) in [6.45, 7) is 2.93. The third-order valence-electron chi connectivity index (χ3n) is 2.09. The van der Waals surface area contributed by atoms with Crippen molar-refractivity contribution >= 4 is 11.9 Å². The predicted molar refractivity (Wildman–Crippen MR) is 63.7 cm³/mol. The summed E-state index contributed by atoms with van der Waals surface area (Å²) in [6, 6.07) is 0. The first-order chi connectivity index (χ1) is 8.45. The van der Waals surface area contributed by atoms with E-state index in [2.05, 4.69) is 0 Å². The Morgan fingerprint density at radius 2 is 1.67 bits per heavy atom. The van der Waals surface area contributed by atoms with Crippen LogP contribution in [0.25, 0.3) is 0 Å². The molecule has 0 amide bonds. The molecule has 0 aliphatic heterocycles. The molecule has 0 fully saturated rings. The second-order valence-electron chi connectivity index (χ2n) is 4.22. The molecule has 0 rings (SSSR count). The molecule has 6 nitrogen and oxygen atoms in total. The van der Waals surface area contributed by atoms with Gasteiger partial charge in [-0.2, -0.15) is 0 Å². The lowest BCUT2D eigenvalue weighted by molar-refractivity contribution is -0.151. The quantitative estimate of drug-likeness (QED) is 0.461. The van der Waals surface area contributed by atoms with Gasteiger partial charge in [-0.3, -0.25) is 9.59 Å². The molecule has 0 aromatic carbocycles. The molecule has 0 saturated carbocycles. The van der Waals surface area contributed by atoms with Crippen LogP contribution in [0.15, 0.2) is 0 Å². The number of esters is 2. The Kier molecular flexibility index (Phi) is 9.22. The molecule has 0 aliphatic rings.